The molecule has 0 aliphatic carbocycles. The number of imide groups is 1. The second-order valence-corrected chi connectivity index (χ2v) is 17.5. The Bertz CT molecular complexity index is 2270. The smallest absolute Gasteiger partial charge is 0.258 e. The molecule has 0 spiro atoms. The molecule has 0 bridgehead atoms. The Morgan fingerprint density at radius 3 is 2.43 bits per heavy atom. The van der Waals surface area contributed by atoms with Crippen molar-refractivity contribution in [3.63, 3.8) is 0 Å². The Balaban J connectivity index is 1.18. The average molecular weight is 861 g/mol. The predicted octanol–water partition coefficient (Wildman–Crippen LogP) is 4.64. The number of amides is 5. The summed E-state index contributed by atoms with van der Waals surface area (Å²) in [6, 6.07) is 9.61. The minimum absolute atomic E-state index is 0.00394. The maximum atomic E-state index is 13.5. The van der Waals surface area contributed by atoms with E-state index in [1.165, 1.54) is 29.5 Å². The number of fused-ring (bicyclic) bond motifs is 1. The van der Waals surface area contributed by atoms with Crippen LogP contribution in [-0.2, 0) is 23.9 Å². The molecule has 1 saturated heterocycles. The molecule has 2 aliphatic heterocycles. The van der Waals surface area contributed by atoms with Gasteiger partial charge in [0.2, 0.25) is 17.7 Å². The third-order valence-corrected chi connectivity index (χ3v) is 11.3. The number of hydrogen-bond donors (Lipinski definition) is 6. The number of rotatable bonds is 15. The van der Waals surface area contributed by atoms with Gasteiger partial charge in [-0.15, -0.1) is 11.3 Å². The second kappa shape index (κ2) is 18.6. The van der Waals surface area contributed by atoms with Crippen molar-refractivity contribution in [2.75, 3.05) is 24.7 Å². The third-order valence-electron chi connectivity index (χ3n) is 9.81. The molecule has 0 saturated carbocycles. The van der Waals surface area contributed by atoms with Crippen molar-refractivity contribution in [1.82, 2.24) is 21.3 Å². The van der Waals surface area contributed by atoms with Crippen LogP contribution in [0.2, 0.25) is 5.02 Å². The lowest BCUT2D eigenvalue weighted by Crippen LogP contribution is -2.52. The maximum Gasteiger partial charge on any atom is 0.258 e. The van der Waals surface area contributed by atoms with E-state index in [0.717, 1.165) is 21.6 Å². The summed E-state index contributed by atoms with van der Waals surface area (Å²) in [7, 11) is 0. The number of aldehydes is 1. The third kappa shape index (κ3) is 10.9. The van der Waals surface area contributed by atoms with Crippen molar-refractivity contribution in [1.29, 1.82) is 10.8 Å². The normalized spacial score (nSPS) is 16.8. The first-order valence-electron chi connectivity index (χ1n) is 19.1. The van der Waals surface area contributed by atoms with Crippen LogP contribution in [-0.4, -0.2) is 96.2 Å². The second-order valence-electron chi connectivity index (χ2n) is 15.8. The molecular formula is C42H49ClN8O8S. The molecule has 1 unspecified atom stereocenters. The molecule has 2 atom stereocenters. The summed E-state index contributed by atoms with van der Waals surface area (Å²) in [4.78, 5) is 82.9. The molecule has 1 aromatic heterocycles. The minimum atomic E-state index is -0.990. The fraction of sp³-hybridized carbons (Fsp3) is 0.405. The van der Waals surface area contributed by atoms with Gasteiger partial charge in [0.1, 0.15) is 34.5 Å². The summed E-state index contributed by atoms with van der Waals surface area (Å²) in [5.41, 5.74) is 1.15. The number of thiophene rings is 1. The van der Waals surface area contributed by atoms with Crippen LogP contribution in [0, 0.1) is 24.7 Å². The Kier molecular flexibility index (Phi) is 14.1. The summed E-state index contributed by atoms with van der Waals surface area (Å²) in [6.07, 6.45) is 0.423. The Labute approximate surface area is 356 Å². The average Bonchev–Trinajstić information content (AvgIpc) is 3.40. The van der Waals surface area contributed by atoms with Crippen LogP contribution in [0.15, 0.2) is 47.5 Å². The summed E-state index contributed by atoms with van der Waals surface area (Å²) < 4.78 is 11.9. The topological polar surface area (TPSA) is 232 Å². The largest absolute Gasteiger partial charge is 0.483 e. The first-order valence-corrected chi connectivity index (χ1v) is 20.3. The van der Waals surface area contributed by atoms with E-state index < -0.39 is 53.5 Å². The molecule has 3 heterocycles. The van der Waals surface area contributed by atoms with E-state index in [1.54, 1.807) is 51.7 Å². The van der Waals surface area contributed by atoms with Crippen molar-refractivity contribution in [2.24, 2.45) is 4.99 Å². The maximum absolute atomic E-state index is 13.5. The Morgan fingerprint density at radius 1 is 1.08 bits per heavy atom. The van der Waals surface area contributed by atoms with E-state index in [9.17, 15) is 28.8 Å². The predicted molar refractivity (Wildman–Crippen MR) is 229 cm³/mol. The number of benzene rings is 2. The van der Waals surface area contributed by atoms with E-state index >= 15 is 0 Å². The van der Waals surface area contributed by atoms with Crippen LogP contribution < -0.4 is 30.9 Å². The lowest BCUT2D eigenvalue weighted by molar-refractivity contribution is -0.134. The van der Waals surface area contributed by atoms with Gasteiger partial charge in [-0.3, -0.25) is 54.8 Å². The molecule has 5 rings (SSSR count). The van der Waals surface area contributed by atoms with E-state index in [4.69, 9.17) is 36.9 Å². The zero-order valence-electron chi connectivity index (χ0n) is 34.5. The molecule has 5 amide bonds. The number of halogens is 1. The number of ether oxygens (including phenoxy) is 2. The number of nitrogens with one attached hydrogen (secondary N) is 6. The van der Waals surface area contributed by atoms with Crippen LogP contribution in [0.4, 0.5) is 5.00 Å². The molecule has 16 nitrogen and oxygen atoms in total. The molecule has 3 aromatic rings. The number of amidine groups is 2. The van der Waals surface area contributed by atoms with E-state index in [1.807, 2.05) is 26.0 Å². The van der Waals surface area contributed by atoms with Crippen molar-refractivity contribution in [2.45, 2.75) is 91.0 Å². The monoisotopic (exact) mass is 860 g/mol. The SMILES string of the molecule is CC(=N)N1C(=N)[C@H](CC(=O)NCC(C)(C)OCC(C)(C)NC(=O)COc2cccc(C=O)c2C(=O)NC2CCC(=O)NC2=O)N=C(c2ccc(Cl)cc2)c2c1sc(C)c2C. The summed E-state index contributed by atoms with van der Waals surface area (Å²) in [6.45, 7) is 12.2. The van der Waals surface area contributed by atoms with Gasteiger partial charge < -0.3 is 25.4 Å². The standard InChI is InChI=1S/C42H49ClN8O8S/c1-22-23(2)60-40-34(22)36(25-11-13-27(43)14-12-25)47-29(37(45)51(40)24(3)44)17-32(54)46-20-42(6,7)59-21-41(4,5)50-33(55)19-58-30-10-8-9-26(18-52)35(30)39(57)48-28-15-16-31(53)49-38(28)56/h8-14,18,28-29,44-45H,15-17,19-21H2,1-7H3,(H,46,54)(H,48,57)(H,50,55)(H,49,53,56)/t28?,29-/m0/s1. The molecule has 0 radical (unpaired) electrons. The van der Waals surface area contributed by atoms with Crippen molar-refractivity contribution in [3.05, 3.63) is 80.2 Å². The van der Waals surface area contributed by atoms with Crippen LogP contribution >= 0.6 is 22.9 Å². The Morgan fingerprint density at radius 2 is 1.78 bits per heavy atom. The minimum Gasteiger partial charge on any atom is -0.483 e. The number of carbonyl (C=O) groups excluding carboxylic acids is 6. The fourth-order valence-electron chi connectivity index (χ4n) is 6.54. The van der Waals surface area contributed by atoms with Crippen molar-refractivity contribution < 1.29 is 38.2 Å². The van der Waals surface area contributed by atoms with Gasteiger partial charge >= 0.3 is 0 Å². The van der Waals surface area contributed by atoms with E-state index in [2.05, 4.69) is 21.3 Å². The summed E-state index contributed by atoms with van der Waals surface area (Å²) in [5.74, 6) is -2.75. The van der Waals surface area contributed by atoms with Gasteiger partial charge in [-0.05, 0) is 78.6 Å². The van der Waals surface area contributed by atoms with Crippen LogP contribution in [0.5, 0.6) is 5.75 Å². The quantitative estimate of drug-likeness (QED) is 0.0540. The highest BCUT2D eigenvalue weighted by Crippen LogP contribution is 2.40. The molecule has 60 heavy (non-hydrogen) atoms. The molecule has 6 N–H and O–H groups in total. The van der Waals surface area contributed by atoms with Gasteiger partial charge in [-0.1, -0.05) is 35.9 Å². The number of hydrogen-bond acceptors (Lipinski definition) is 12. The molecule has 1 fully saturated rings. The Hall–Kier alpha value is -5.78. The summed E-state index contributed by atoms with van der Waals surface area (Å²) in [5, 5.41) is 29.4. The number of carbonyl (C=O) groups is 6. The van der Waals surface area contributed by atoms with Crippen LogP contribution in [0.3, 0.4) is 0 Å². The highest BCUT2D eigenvalue weighted by molar-refractivity contribution is 7.17. The molecule has 318 valence electrons. The number of piperidine rings is 1. The zero-order valence-corrected chi connectivity index (χ0v) is 36.0. The van der Waals surface area contributed by atoms with E-state index in [-0.39, 0.29) is 66.9 Å². The highest BCUT2D eigenvalue weighted by Gasteiger charge is 2.36. The number of nitrogens with zero attached hydrogens (tertiary/aromatic N) is 2. The fourth-order valence-corrected chi connectivity index (χ4v) is 7.89. The first kappa shape index (κ1) is 45.3. The highest BCUT2D eigenvalue weighted by atomic mass is 35.5. The summed E-state index contributed by atoms with van der Waals surface area (Å²) >= 11 is 7.67. The molecular weight excluding hydrogens is 812 g/mol. The first-order chi connectivity index (χ1) is 28.2. The van der Waals surface area contributed by atoms with Crippen LogP contribution in [0.1, 0.15) is 96.2 Å². The zero-order chi connectivity index (χ0) is 44.1. The van der Waals surface area contributed by atoms with Gasteiger partial charge in [0.05, 0.1) is 35.4 Å². The van der Waals surface area contributed by atoms with Gasteiger partial charge in [0, 0.05) is 39.6 Å². The molecule has 2 aliphatic rings. The number of anilines is 1. The number of aryl methyl sites for hydroxylation is 1. The number of aliphatic imine (C=N–C) groups is 1. The van der Waals surface area contributed by atoms with Crippen molar-refractivity contribution in [3.8, 4) is 5.75 Å². The van der Waals surface area contributed by atoms with Gasteiger partial charge in [0.25, 0.3) is 11.8 Å². The lowest BCUT2D eigenvalue weighted by Gasteiger charge is -2.33. The van der Waals surface area contributed by atoms with Gasteiger partial charge in [-0.25, -0.2) is 0 Å². The molecule has 2 aromatic carbocycles. The lowest BCUT2D eigenvalue weighted by atomic mass is 9.99. The van der Waals surface area contributed by atoms with Crippen LogP contribution in [0.25, 0.3) is 0 Å². The van der Waals surface area contributed by atoms with E-state index in [0.29, 0.717) is 22.0 Å². The molecule has 18 heteroatoms. The van der Waals surface area contributed by atoms with Gasteiger partial charge in [-0.2, -0.15) is 0 Å². The van der Waals surface area contributed by atoms with Crippen molar-refractivity contribution >= 4 is 81.1 Å². The van der Waals surface area contributed by atoms with Gasteiger partial charge in [0.15, 0.2) is 12.9 Å².